The highest BCUT2D eigenvalue weighted by molar-refractivity contribution is 6.03. The number of furan rings is 1. The SMILES string of the molecule is Cc1ccc2nc(-c3ccc(C)c(NC(=O)c4ccco4)c3)[nH]c2c1. The molecule has 4 rings (SSSR count). The summed E-state index contributed by atoms with van der Waals surface area (Å²) in [5, 5.41) is 2.89. The van der Waals surface area contributed by atoms with Crippen molar-refractivity contribution in [2.75, 3.05) is 5.32 Å². The number of anilines is 1. The van der Waals surface area contributed by atoms with Gasteiger partial charge in [-0.25, -0.2) is 4.98 Å². The Morgan fingerprint density at radius 2 is 2.00 bits per heavy atom. The van der Waals surface area contributed by atoms with E-state index in [2.05, 4.69) is 21.4 Å². The number of aromatic nitrogens is 2. The van der Waals surface area contributed by atoms with Crippen molar-refractivity contribution in [1.82, 2.24) is 9.97 Å². The van der Waals surface area contributed by atoms with Crippen LogP contribution >= 0.6 is 0 Å². The number of fused-ring (bicyclic) bond motifs is 1. The number of amides is 1. The molecule has 0 bridgehead atoms. The number of imidazole rings is 1. The van der Waals surface area contributed by atoms with E-state index in [1.807, 2.05) is 44.2 Å². The number of aromatic amines is 1. The Labute approximate surface area is 144 Å². The lowest BCUT2D eigenvalue weighted by Crippen LogP contribution is -2.11. The maximum Gasteiger partial charge on any atom is 0.291 e. The second kappa shape index (κ2) is 5.94. The first-order chi connectivity index (χ1) is 12.1. The molecular formula is C20H17N3O2. The van der Waals surface area contributed by atoms with E-state index in [0.717, 1.165) is 33.7 Å². The van der Waals surface area contributed by atoms with Crippen LogP contribution in [0.4, 0.5) is 5.69 Å². The molecule has 5 heteroatoms. The first kappa shape index (κ1) is 15.2. The molecule has 1 amide bonds. The molecule has 0 unspecified atom stereocenters. The van der Waals surface area contributed by atoms with E-state index in [1.54, 1.807) is 12.1 Å². The Morgan fingerprint density at radius 1 is 1.12 bits per heavy atom. The Morgan fingerprint density at radius 3 is 2.80 bits per heavy atom. The maximum absolute atomic E-state index is 12.2. The zero-order chi connectivity index (χ0) is 17.4. The van der Waals surface area contributed by atoms with Crippen molar-refractivity contribution in [3.8, 4) is 11.4 Å². The van der Waals surface area contributed by atoms with Gasteiger partial charge in [0.05, 0.1) is 17.3 Å². The van der Waals surface area contributed by atoms with Gasteiger partial charge in [0.15, 0.2) is 5.76 Å². The van der Waals surface area contributed by atoms with E-state index < -0.39 is 0 Å². The molecule has 5 nitrogen and oxygen atoms in total. The van der Waals surface area contributed by atoms with Gasteiger partial charge in [-0.05, 0) is 55.3 Å². The minimum Gasteiger partial charge on any atom is -0.459 e. The smallest absolute Gasteiger partial charge is 0.291 e. The molecule has 0 saturated heterocycles. The Kier molecular flexibility index (Phi) is 3.61. The summed E-state index contributed by atoms with van der Waals surface area (Å²) in [5.74, 6) is 0.781. The highest BCUT2D eigenvalue weighted by Crippen LogP contribution is 2.26. The highest BCUT2D eigenvalue weighted by atomic mass is 16.3. The van der Waals surface area contributed by atoms with Gasteiger partial charge in [0, 0.05) is 11.3 Å². The molecule has 0 spiro atoms. The summed E-state index contributed by atoms with van der Waals surface area (Å²) in [4.78, 5) is 20.2. The molecule has 4 aromatic rings. The van der Waals surface area contributed by atoms with Crippen molar-refractivity contribution in [2.24, 2.45) is 0 Å². The quantitative estimate of drug-likeness (QED) is 0.572. The Bertz CT molecular complexity index is 1060. The molecule has 0 fully saturated rings. The lowest BCUT2D eigenvalue weighted by molar-refractivity contribution is 0.0996. The second-order valence-electron chi connectivity index (χ2n) is 6.07. The number of carbonyl (C=O) groups excluding carboxylic acids is 1. The van der Waals surface area contributed by atoms with Crippen molar-refractivity contribution >= 4 is 22.6 Å². The number of carbonyl (C=O) groups is 1. The average Bonchev–Trinajstić information content (AvgIpc) is 3.25. The fourth-order valence-electron chi connectivity index (χ4n) is 2.76. The molecule has 2 N–H and O–H groups in total. The van der Waals surface area contributed by atoms with Crippen LogP contribution in [0.1, 0.15) is 21.7 Å². The zero-order valence-corrected chi connectivity index (χ0v) is 14.0. The number of hydrogen-bond donors (Lipinski definition) is 2. The lowest BCUT2D eigenvalue weighted by atomic mass is 10.1. The molecule has 0 aliphatic carbocycles. The number of rotatable bonds is 3. The van der Waals surface area contributed by atoms with Gasteiger partial charge in [-0.2, -0.15) is 0 Å². The van der Waals surface area contributed by atoms with Crippen LogP contribution in [-0.4, -0.2) is 15.9 Å². The van der Waals surface area contributed by atoms with Gasteiger partial charge in [-0.1, -0.05) is 18.2 Å². The Balaban J connectivity index is 1.69. The van der Waals surface area contributed by atoms with Gasteiger partial charge in [0.2, 0.25) is 0 Å². The zero-order valence-electron chi connectivity index (χ0n) is 14.0. The van der Waals surface area contributed by atoms with Crippen LogP contribution in [0.2, 0.25) is 0 Å². The number of H-pyrrole nitrogens is 1. The molecular weight excluding hydrogens is 314 g/mol. The summed E-state index contributed by atoms with van der Waals surface area (Å²) in [5.41, 5.74) is 5.71. The highest BCUT2D eigenvalue weighted by Gasteiger charge is 2.12. The monoisotopic (exact) mass is 331 g/mol. The minimum atomic E-state index is -0.273. The molecule has 25 heavy (non-hydrogen) atoms. The molecule has 0 aliphatic rings. The van der Waals surface area contributed by atoms with Crippen LogP contribution in [0.25, 0.3) is 22.4 Å². The second-order valence-corrected chi connectivity index (χ2v) is 6.07. The molecule has 0 saturated carbocycles. The predicted molar refractivity (Wildman–Crippen MR) is 97.7 cm³/mol. The van der Waals surface area contributed by atoms with Crippen molar-refractivity contribution < 1.29 is 9.21 Å². The molecule has 2 heterocycles. The average molecular weight is 331 g/mol. The normalized spacial score (nSPS) is 11.0. The van der Waals surface area contributed by atoms with Crippen LogP contribution in [0.5, 0.6) is 0 Å². The summed E-state index contributed by atoms with van der Waals surface area (Å²) in [6, 6.07) is 15.3. The standard InChI is InChI=1S/C20H17N3O2/c1-12-5-8-15-17(10-12)22-19(21-15)14-7-6-13(2)16(11-14)23-20(24)18-4-3-9-25-18/h3-11H,1-2H3,(H,21,22)(H,23,24). The van der Waals surface area contributed by atoms with Crippen molar-refractivity contribution in [2.45, 2.75) is 13.8 Å². The third-order valence-electron chi connectivity index (χ3n) is 4.14. The van der Waals surface area contributed by atoms with E-state index >= 15 is 0 Å². The molecule has 2 aromatic heterocycles. The number of benzene rings is 2. The minimum absolute atomic E-state index is 0.273. The first-order valence-electron chi connectivity index (χ1n) is 8.02. The Hall–Kier alpha value is -3.34. The fourth-order valence-corrected chi connectivity index (χ4v) is 2.76. The number of nitrogens with one attached hydrogen (secondary N) is 2. The van der Waals surface area contributed by atoms with Crippen molar-refractivity contribution in [3.63, 3.8) is 0 Å². The van der Waals surface area contributed by atoms with Gasteiger partial charge < -0.3 is 14.7 Å². The predicted octanol–water partition coefficient (Wildman–Crippen LogP) is 4.69. The van der Waals surface area contributed by atoms with Crippen LogP contribution < -0.4 is 5.32 Å². The molecule has 0 aliphatic heterocycles. The van der Waals surface area contributed by atoms with E-state index in [1.165, 1.54) is 11.8 Å². The molecule has 0 radical (unpaired) electrons. The summed E-state index contributed by atoms with van der Waals surface area (Å²) in [7, 11) is 0. The fraction of sp³-hybridized carbons (Fsp3) is 0.100. The van der Waals surface area contributed by atoms with Gasteiger partial charge >= 0.3 is 0 Å². The van der Waals surface area contributed by atoms with E-state index in [0.29, 0.717) is 0 Å². The number of hydrogen-bond acceptors (Lipinski definition) is 3. The number of nitrogens with zero attached hydrogens (tertiary/aromatic N) is 1. The van der Waals surface area contributed by atoms with Gasteiger partial charge in [-0.15, -0.1) is 0 Å². The number of aryl methyl sites for hydroxylation is 2. The van der Waals surface area contributed by atoms with Crippen molar-refractivity contribution in [3.05, 3.63) is 71.7 Å². The summed E-state index contributed by atoms with van der Waals surface area (Å²) in [6.45, 7) is 4.00. The largest absolute Gasteiger partial charge is 0.459 e. The van der Waals surface area contributed by atoms with Gasteiger partial charge in [-0.3, -0.25) is 4.79 Å². The van der Waals surface area contributed by atoms with Gasteiger partial charge in [0.1, 0.15) is 5.82 Å². The van der Waals surface area contributed by atoms with E-state index in [-0.39, 0.29) is 11.7 Å². The van der Waals surface area contributed by atoms with Crippen LogP contribution in [-0.2, 0) is 0 Å². The van der Waals surface area contributed by atoms with Crippen LogP contribution in [0.3, 0.4) is 0 Å². The summed E-state index contributed by atoms with van der Waals surface area (Å²) in [6.07, 6.45) is 1.48. The van der Waals surface area contributed by atoms with Gasteiger partial charge in [0.25, 0.3) is 5.91 Å². The molecule has 2 aromatic carbocycles. The third kappa shape index (κ3) is 2.92. The topological polar surface area (TPSA) is 70.9 Å². The van der Waals surface area contributed by atoms with Crippen LogP contribution in [0.15, 0.2) is 59.2 Å². The third-order valence-corrected chi connectivity index (χ3v) is 4.14. The lowest BCUT2D eigenvalue weighted by Gasteiger charge is -2.08. The van der Waals surface area contributed by atoms with Crippen molar-refractivity contribution in [1.29, 1.82) is 0 Å². The van der Waals surface area contributed by atoms with E-state index in [4.69, 9.17) is 4.42 Å². The maximum atomic E-state index is 12.2. The molecule has 124 valence electrons. The van der Waals surface area contributed by atoms with Crippen LogP contribution in [0, 0.1) is 13.8 Å². The summed E-state index contributed by atoms with van der Waals surface area (Å²) < 4.78 is 5.14. The molecule has 0 atom stereocenters. The van der Waals surface area contributed by atoms with E-state index in [9.17, 15) is 4.79 Å². The first-order valence-corrected chi connectivity index (χ1v) is 8.02. The summed E-state index contributed by atoms with van der Waals surface area (Å²) >= 11 is 0.